The number of likely N-dealkylation sites (tertiary alicyclic amines) is 1. The molecule has 1 aliphatic heterocycles. The third-order valence-corrected chi connectivity index (χ3v) is 5.41. The van der Waals surface area contributed by atoms with Gasteiger partial charge in [-0.05, 0) is 62.2 Å². The average molecular weight is 313 g/mol. The fourth-order valence-electron chi connectivity index (χ4n) is 2.97. The molecule has 1 fully saturated rings. The zero-order chi connectivity index (χ0) is 15.2. The van der Waals surface area contributed by atoms with Crippen LogP contribution in [0.4, 0.5) is 0 Å². The van der Waals surface area contributed by atoms with E-state index in [4.69, 9.17) is 0 Å². The Morgan fingerprint density at radius 3 is 2.59 bits per heavy atom. The molecule has 1 aliphatic rings. The second-order valence-electron chi connectivity index (χ2n) is 5.91. The molecule has 1 heterocycles. The van der Waals surface area contributed by atoms with Crippen molar-refractivity contribution in [2.45, 2.75) is 29.4 Å². The molecular weight excluding hydrogens is 290 g/mol. The molecule has 0 saturated carbocycles. The highest BCUT2D eigenvalue weighted by molar-refractivity contribution is 8.00. The van der Waals surface area contributed by atoms with E-state index < -0.39 is 0 Å². The molecule has 3 heteroatoms. The van der Waals surface area contributed by atoms with E-state index >= 15 is 0 Å². The quantitative estimate of drug-likeness (QED) is 0.865. The van der Waals surface area contributed by atoms with Gasteiger partial charge in [0.15, 0.2) is 0 Å². The minimum atomic E-state index is 0.346. The van der Waals surface area contributed by atoms with Crippen molar-refractivity contribution < 1.29 is 5.11 Å². The maximum atomic E-state index is 9.33. The first-order valence-corrected chi connectivity index (χ1v) is 8.89. The summed E-state index contributed by atoms with van der Waals surface area (Å²) in [5.74, 6) is 0.346. The lowest BCUT2D eigenvalue weighted by atomic mass is 10.1. The lowest BCUT2D eigenvalue weighted by molar-refractivity contribution is 0.335. The summed E-state index contributed by atoms with van der Waals surface area (Å²) >= 11 is 1.94. The van der Waals surface area contributed by atoms with Gasteiger partial charge in [0.2, 0.25) is 0 Å². The van der Waals surface area contributed by atoms with E-state index in [9.17, 15) is 5.11 Å². The smallest absolute Gasteiger partial charge is 0.115 e. The second kappa shape index (κ2) is 7.70. The number of hydrogen-bond donors (Lipinski definition) is 1. The molecule has 2 aromatic rings. The summed E-state index contributed by atoms with van der Waals surface area (Å²) in [6.45, 7) is 3.59. The zero-order valence-corrected chi connectivity index (χ0v) is 13.6. The third kappa shape index (κ3) is 4.52. The predicted molar refractivity (Wildman–Crippen MR) is 93.6 cm³/mol. The molecule has 1 N–H and O–H groups in total. The Morgan fingerprint density at radius 1 is 1.05 bits per heavy atom. The summed E-state index contributed by atoms with van der Waals surface area (Å²) < 4.78 is 0. The summed E-state index contributed by atoms with van der Waals surface area (Å²) in [5, 5.41) is 10.0. The van der Waals surface area contributed by atoms with Gasteiger partial charge in [-0.25, -0.2) is 0 Å². The normalized spacial score (nSPS) is 18.6. The van der Waals surface area contributed by atoms with Crippen molar-refractivity contribution in [3.05, 3.63) is 60.2 Å². The third-order valence-electron chi connectivity index (χ3n) is 4.15. The van der Waals surface area contributed by atoms with Gasteiger partial charge in [0.25, 0.3) is 0 Å². The van der Waals surface area contributed by atoms with Crippen LogP contribution in [0.3, 0.4) is 0 Å². The Morgan fingerprint density at radius 2 is 1.82 bits per heavy atom. The molecule has 2 nitrogen and oxygen atoms in total. The van der Waals surface area contributed by atoms with Crippen molar-refractivity contribution in [2.24, 2.45) is 0 Å². The van der Waals surface area contributed by atoms with E-state index in [-0.39, 0.29) is 0 Å². The van der Waals surface area contributed by atoms with Crippen LogP contribution in [0.15, 0.2) is 59.5 Å². The van der Waals surface area contributed by atoms with Gasteiger partial charge in [-0.15, -0.1) is 11.8 Å². The number of hydrogen-bond acceptors (Lipinski definition) is 3. The van der Waals surface area contributed by atoms with Crippen LogP contribution >= 0.6 is 11.8 Å². The molecule has 0 radical (unpaired) electrons. The van der Waals surface area contributed by atoms with Gasteiger partial charge in [-0.2, -0.15) is 0 Å². The van der Waals surface area contributed by atoms with Gasteiger partial charge < -0.3 is 10.0 Å². The van der Waals surface area contributed by atoms with Gasteiger partial charge in [-0.1, -0.05) is 30.3 Å². The van der Waals surface area contributed by atoms with Crippen molar-refractivity contribution >= 4 is 11.8 Å². The van der Waals surface area contributed by atoms with Crippen molar-refractivity contribution in [3.8, 4) is 5.75 Å². The van der Waals surface area contributed by atoms with E-state index in [1.165, 1.54) is 49.4 Å². The molecule has 0 amide bonds. The highest BCUT2D eigenvalue weighted by Gasteiger charge is 2.22. The highest BCUT2D eigenvalue weighted by Crippen LogP contribution is 2.30. The lowest BCUT2D eigenvalue weighted by Crippen LogP contribution is -2.22. The van der Waals surface area contributed by atoms with Crippen LogP contribution in [0.2, 0.25) is 0 Å². The van der Waals surface area contributed by atoms with Gasteiger partial charge >= 0.3 is 0 Å². The maximum absolute atomic E-state index is 9.33. The van der Waals surface area contributed by atoms with Crippen molar-refractivity contribution in [1.29, 1.82) is 0 Å². The minimum Gasteiger partial charge on any atom is -0.508 e. The summed E-state index contributed by atoms with van der Waals surface area (Å²) in [4.78, 5) is 3.84. The Kier molecular flexibility index (Phi) is 5.41. The first-order chi connectivity index (χ1) is 10.8. The summed E-state index contributed by atoms with van der Waals surface area (Å²) in [7, 11) is 0. The molecule has 1 unspecified atom stereocenters. The number of aryl methyl sites for hydroxylation is 1. The number of aromatic hydroxyl groups is 1. The molecule has 0 spiro atoms. The van der Waals surface area contributed by atoms with Crippen LogP contribution < -0.4 is 0 Å². The molecule has 0 bridgehead atoms. The molecular formula is C19H23NOS. The second-order valence-corrected chi connectivity index (χ2v) is 7.29. The topological polar surface area (TPSA) is 23.5 Å². The van der Waals surface area contributed by atoms with E-state index in [1.807, 2.05) is 23.9 Å². The number of benzene rings is 2. The molecule has 22 heavy (non-hydrogen) atoms. The first kappa shape index (κ1) is 15.4. The van der Waals surface area contributed by atoms with Crippen LogP contribution in [-0.4, -0.2) is 34.9 Å². The standard InChI is InChI=1S/C19H23NOS/c21-17-8-10-18(11-9-17)22-19-12-14-20(15-19)13-4-7-16-5-2-1-3-6-16/h1-3,5-6,8-11,19,21H,4,7,12-15H2. The first-order valence-electron chi connectivity index (χ1n) is 8.01. The van der Waals surface area contributed by atoms with E-state index in [0.29, 0.717) is 11.0 Å². The Labute approximate surface area is 137 Å². The number of nitrogens with zero attached hydrogens (tertiary/aromatic N) is 1. The monoisotopic (exact) mass is 313 g/mol. The van der Waals surface area contributed by atoms with Crippen LogP contribution in [0, 0.1) is 0 Å². The SMILES string of the molecule is Oc1ccc(SC2CCN(CCCc3ccccc3)C2)cc1. The summed E-state index contributed by atoms with van der Waals surface area (Å²) in [6.07, 6.45) is 3.67. The Bertz CT molecular complexity index is 570. The molecule has 116 valence electrons. The molecule has 1 atom stereocenters. The lowest BCUT2D eigenvalue weighted by Gasteiger charge is -2.15. The molecule has 0 aliphatic carbocycles. The van der Waals surface area contributed by atoms with Crippen LogP contribution in [-0.2, 0) is 6.42 Å². The van der Waals surface area contributed by atoms with Gasteiger partial charge in [0.1, 0.15) is 5.75 Å². The largest absolute Gasteiger partial charge is 0.508 e. The van der Waals surface area contributed by atoms with E-state index in [1.54, 1.807) is 12.1 Å². The van der Waals surface area contributed by atoms with Crippen LogP contribution in [0.5, 0.6) is 5.75 Å². The fourth-order valence-corrected chi connectivity index (χ4v) is 4.15. The number of rotatable bonds is 6. The number of phenols is 1. The number of thioether (sulfide) groups is 1. The maximum Gasteiger partial charge on any atom is 0.115 e. The zero-order valence-electron chi connectivity index (χ0n) is 12.8. The average Bonchev–Trinajstić information content (AvgIpc) is 2.98. The van der Waals surface area contributed by atoms with E-state index in [0.717, 1.165) is 0 Å². The van der Waals surface area contributed by atoms with Gasteiger partial charge in [0.05, 0.1) is 0 Å². The minimum absolute atomic E-state index is 0.346. The highest BCUT2D eigenvalue weighted by atomic mass is 32.2. The summed E-state index contributed by atoms with van der Waals surface area (Å²) in [6, 6.07) is 18.3. The van der Waals surface area contributed by atoms with Crippen molar-refractivity contribution in [3.63, 3.8) is 0 Å². The van der Waals surface area contributed by atoms with Crippen LogP contribution in [0.25, 0.3) is 0 Å². The summed E-state index contributed by atoms with van der Waals surface area (Å²) in [5.41, 5.74) is 1.44. The number of phenolic OH excluding ortho intramolecular Hbond substituents is 1. The fraction of sp³-hybridized carbons (Fsp3) is 0.368. The van der Waals surface area contributed by atoms with Crippen molar-refractivity contribution in [1.82, 2.24) is 4.90 Å². The molecule has 2 aromatic carbocycles. The Hall–Kier alpha value is -1.45. The van der Waals surface area contributed by atoms with Crippen molar-refractivity contribution in [2.75, 3.05) is 19.6 Å². The molecule has 0 aromatic heterocycles. The molecule has 3 rings (SSSR count). The van der Waals surface area contributed by atoms with E-state index in [2.05, 4.69) is 35.2 Å². The van der Waals surface area contributed by atoms with Gasteiger partial charge in [-0.3, -0.25) is 0 Å². The Balaban J connectivity index is 1.39. The van der Waals surface area contributed by atoms with Gasteiger partial charge in [0, 0.05) is 16.7 Å². The van der Waals surface area contributed by atoms with Crippen LogP contribution in [0.1, 0.15) is 18.4 Å². The predicted octanol–water partition coefficient (Wildman–Crippen LogP) is 4.19. The molecule has 1 saturated heterocycles.